The lowest BCUT2D eigenvalue weighted by Crippen LogP contribution is -2.49. The molecular weight excluding hydrogens is 482 g/mol. The molecule has 3 atom stereocenters. The molecule has 8 heteroatoms. The molecule has 2 aromatic carbocycles. The van der Waals surface area contributed by atoms with E-state index in [0.717, 1.165) is 23.9 Å². The smallest absolute Gasteiger partial charge is 0.242 e. The largest absolute Gasteiger partial charge is 0.507 e. The van der Waals surface area contributed by atoms with Gasteiger partial charge in [0.15, 0.2) is 0 Å². The molecule has 3 rings (SSSR count). The van der Waals surface area contributed by atoms with E-state index in [1.807, 2.05) is 12.1 Å². The van der Waals surface area contributed by atoms with E-state index in [-0.39, 0.29) is 30.2 Å². The van der Waals surface area contributed by atoms with Crippen molar-refractivity contribution in [2.24, 2.45) is 5.92 Å². The van der Waals surface area contributed by atoms with Gasteiger partial charge in [-0.15, -0.1) is 0 Å². The highest BCUT2D eigenvalue weighted by Gasteiger charge is 2.30. The van der Waals surface area contributed by atoms with E-state index in [2.05, 4.69) is 44.0 Å². The average Bonchev–Trinajstić information content (AvgIpc) is 3.19. The first-order valence-corrected chi connectivity index (χ1v) is 11.4. The number of aromatic hydroxyl groups is 1. The van der Waals surface area contributed by atoms with Crippen LogP contribution in [0.4, 0.5) is 0 Å². The number of hydrogen-bond donors (Lipinski definition) is 4. The topological polar surface area (TPSA) is 90.5 Å². The second-order valence-electron chi connectivity index (χ2n) is 8.07. The van der Waals surface area contributed by atoms with Crippen molar-refractivity contribution in [1.82, 2.24) is 16.0 Å². The molecular formula is C23H27BrClN3O3. The summed E-state index contributed by atoms with van der Waals surface area (Å²) in [5.41, 5.74) is 2.41. The molecule has 0 spiro atoms. The summed E-state index contributed by atoms with van der Waals surface area (Å²) in [6.07, 6.45) is 1.63. The van der Waals surface area contributed by atoms with Crippen molar-refractivity contribution in [2.45, 2.75) is 45.3 Å². The van der Waals surface area contributed by atoms with Crippen molar-refractivity contribution >= 4 is 39.3 Å². The normalized spacial score (nSPS) is 19.1. The van der Waals surface area contributed by atoms with E-state index in [0.29, 0.717) is 22.1 Å². The van der Waals surface area contributed by atoms with E-state index in [1.165, 1.54) is 5.56 Å². The number of benzene rings is 2. The van der Waals surface area contributed by atoms with Crippen molar-refractivity contribution < 1.29 is 14.7 Å². The van der Waals surface area contributed by atoms with Gasteiger partial charge in [0.05, 0.1) is 6.04 Å². The molecule has 0 aromatic heterocycles. The van der Waals surface area contributed by atoms with Gasteiger partial charge in [-0.05, 0) is 74.5 Å². The number of carbonyl (C=O) groups excluding carboxylic acids is 2. The van der Waals surface area contributed by atoms with E-state index in [9.17, 15) is 14.7 Å². The van der Waals surface area contributed by atoms with E-state index in [1.54, 1.807) is 26.0 Å². The molecule has 166 valence electrons. The van der Waals surface area contributed by atoms with Crippen LogP contribution in [0.5, 0.6) is 5.75 Å². The molecule has 0 aliphatic carbocycles. The molecule has 6 nitrogen and oxygen atoms in total. The quantitative estimate of drug-likeness (QED) is 0.461. The minimum atomic E-state index is -0.692. The SMILES string of the molecule is Cc1cc(Cl)cc(CNC(=O)[C@H](C)NC(=O)[C@H]2C[C@H](Cc3ccc(Br)cc3)CN2)c1O. The Labute approximate surface area is 195 Å². The Kier molecular flexibility index (Phi) is 7.97. The number of carbonyl (C=O) groups is 2. The molecule has 0 unspecified atom stereocenters. The second-order valence-corrected chi connectivity index (χ2v) is 9.42. The van der Waals surface area contributed by atoms with Gasteiger partial charge in [-0.1, -0.05) is 39.7 Å². The minimum Gasteiger partial charge on any atom is -0.507 e. The number of aryl methyl sites for hydroxylation is 1. The number of halogens is 2. The molecule has 0 bridgehead atoms. The molecule has 2 amide bonds. The van der Waals surface area contributed by atoms with Gasteiger partial charge in [0, 0.05) is 21.6 Å². The monoisotopic (exact) mass is 507 g/mol. The fourth-order valence-electron chi connectivity index (χ4n) is 3.77. The maximum Gasteiger partial charge on any atom is 0.242 e. The molecule has 1 aliphatic heterocycles. The maximum atomic E-state index is 12.6. The Morgan fingerprint density at radius 3 is 2.71 bits per heavy atom. The van der Waals surface area contributed by atoms with Crippen LogP contribution in [0, 0.1) is 12.8 Å². The minimum absolute atomic E-state index is 0.105. The Hall–Kier alpha value is -2.09. The van der Waals surface area contributed by atoms with Crippen molar-refractivity contribution in [3.63, 3.8) is 0 Å². The van der Waals surface area contributed by atoms with Crippen molar-refractivity contribution in [2.75, 3.05) is 6.54 Å². The maximum absolute atomic E-state index is 12.6. The van der Waals surface area contributed by atoms with Crippen LogP contribution in [0.3, 0.4) is 0 Å². The first-order chi connectivity index (χ1) is 14.7. The highest BCUT2D eigenvalue weighted by atomic mass is 79.9. The highest BCUT2D eigenvalue weighted by Crippen LogP contribution is 2.26. The summed E-state index contributed by atoms with van der Waals surface area (Å²) in [5.74, 6) is -0.0272. The summed E-state index contributed by atoms with van der Waals surface area (Å²) >= 11 is 9.46. The fraction of sp³-hybridized carbons (Fsp3) is 0.391. The number of nitrogens with one attached hydrogen (secondary N) is 3. The second kappa shape index (κ2) is 10.5. The Bertz CT molecular complexity index is 952. The van der Waals surface area contributed by atoms with E-state index >= 15 is 0 Å². The lowest BCUT2D eigenvalue weighted by Gasteiger charge is -2.18. The van der Waals surface area contributed by atoms with Crippen LogP contribution in [0.2, 0.25) is 5.02 Å². The van der Waals surface area contributed by atoms with Gasteiger partial charge < -0.3 is 21.1 Å². The van der Waals surface area contributed by atoms with Gasteiger partial charge in [0.25, 0.3) is 0 Å². The van der Waals surface area contributed by atoms with Crippen LogP contribution < -0.4 is 16.0 Å². The summed E-state index contributed by atoms with van der Waals surface area (Å²) in [6.45, 7) is 4.28. The molecule has 2 aromatic rings. The van der Waals surface area contributed by atoms with Gasteiger partial charge in [-0.2, -0.15) is 0 Å². The van der Waals surface area contributed by atoms with Gasteiger partial charge in [0.1, 0.15) is 11.8 Å². The highest BCUT2D eigenvalue weighted by molar-refractivity contribution is 9.10. The van der Waals surface area contributed by atoms with Crippen LogP contribution in [0.15, 0.2) is 40.9 Å². The average molecular weight is 509 g/mol. The number of amides is 2. The summed E-state index contributed by atoms with van der Waals surface area (Å²) in [4.78, 5) is 25.0. The third-order valence-electron chi connectivity index (χ3n) is 5.53. The van der Waals surface area contributed by atoms with Crippen LogP contribution in [-0.2, 0) is 22.6 Å². The molecule has 0 radical (unpaired) electrons. The first-order valence-electron chi connectivity index (χ1n) is 10.3. The molecule has 0 saturated carbocycles. The van der Waals surface area contributed by atoms with Crippen molar-refractivity contribution in [3.8, 4) is 5.75 Å². The summed E-state index contributed by atoms with van der Waals surface area (Å²) < 4.78 is 1.05. The van der Waals surface area contributed by atoms with Gasteiger partial charge in [-0.25, -0.2) is 0 Å². The predicted octanol–water partition coefficient (Wildman–Crippen LogP) is 3.46. The summed E-state index contributed by atoms with van der Waals surface area (Å²) in [6, 6.07) is 10.5. The van der Waals surface area contributed by atoms with Gasteiger partial charge >= 0.3 is 0 Å². The van der Waals surface area contributed by atoms with Crippen LogP contribution in [0.1, 0.15) is 30.0 Å². The lowest BCUT2D eigenvalue weighted by atomic mass is 9.96. The molecule has 1 saturated heterocycles. The number of phenolic OH excluding ortho intramolecular Hbond substituents is 1. The number of rotatable bonds is 7. The zero-order valence-electron chi connectivity index (χ0n) is 17.5. The molecule has 1 heterocycles. The van der Waals surface area contributed by atoms with Gasteiger partial charge in [0.2, 0.25) is 11.8 Å². The van der Waals surface area contributed by atoms with Crippen LogP contribution >= 0.6 is 27.5 Å². The standard InChI is InChI=1S/C23H27BrClN3O3/c1-13-7-19(25)10-17(21(13)29)12-27-22(30)14(2)28-23(31)20-9-16(11-26-20)8-15-3-5-18(24)6-4-15/h3-7,10,14,16,20,26,29H,8-9,11-12H2,1-2H3,(H,27,30)(H,28,31)/t14-,16-,20+/m0/s1. The van der Waals surface area contributed by atoms with E-state index < -0.39 is 6.04 Å². The predicted molar refractivity (Wildman–Crippen MR) is 125 cm³/mol. The Morgan fingerprint density at radius 1 is 1.29 bits per heavy atom. The van der Waals surface area contributed by atoms with E-state index in [4.69, 9.17) is 11.6 Å². The zero-order valence-corrected chi connectivity index (χ0v) is 19.9. The first kappa shape index (κ1) is 23.6. The third kappa shape index (κ3) is 6.45. The molecule has 1 aliphatic rings. The summed E-state index contributed by atoms with van der Waals surface area (Å²) in [5, 5.41) is 19.4. The molecule has 4 N–H and O–H groups in total. The molecule has 31 heavy (non-hydrogen) atoms. The molecule has 1 fully saturated rings. The lowest BCUT2D eigenvalue weighted by molar-refractivity contribution is -0.129. The van der Waals surface area contributed by atoms with Crippen molar-refractivity contribution in [1.29, 1.82) is 0 Å². The van der Waals surface area contributed by atoms with Crippen molar-refractivity contribution in [3.05, 3.63) is 62.6 Å². The Morgan fingerprint density at radius 2 is 2.00 bits per heavy atom. The van der Waals surface area contributed by atoms with Crippen LogP contribution in [0.25, 0.3) is 0 Å². The fourth-order valence-corrected chi connectivity index (χ4v) is 4.33. The zero-order chi connectivity index (χ0) is 22.5. The third-order valence-corrected chi connectivity index (χ3v) is 6.27. The Balaban J connectivity index is 1.46. The summed E-state index contributed by atoms with van der Waals surface area (Å²) in [7, 11) is 0. The van der Waals surface area contributed by atoms with Gasteiger partial charge in [-0.3, -0.25) is 9.59 Å². The number of phenols is 1. The van der Waals surface area contributed by atoms with Crippen LogP contribution in [-0.4, -0.2) is 35.5 Å². The number of hydrogen-bond acceptors (Lipinski definition) is 4.